The summed E-state index contributed by atoms with van der Waals surface area (Å²) in [5.74, 6) is 0. The molecule has 0 atom stereocenters. The maximum Gasteiger partial charge on any atom is 0.0898 e. The van der Waals surface area contributed by atoms with Crippen LogP contribution in [0.1, 0.15) is 10.7 Å². The summed E-state index contributed by atoms with van der Waals surface area (Å²) >= 11 is 1.68. The highest BCUT2D eigenvalue weighted by Gasteiger charge is 2.02. The van der Waals surface area contributed by atoms with E-state index >= 15 is 0 Å². The Labute approximate surface area is 110 Å². The molecule has 0 amide bonds. The van der Waals surface area contributed by atoms with Crippen molar-refractivity contribution in [1.29, 1.82) is 0 Å². The van der Waals surface area contributed by atoms with Crippen LogP contribution in [0, 0.1) is 6.92 Å². The number of thiazole rings is 1. The fourth-order valence-corrected chi connectivity index (χ4v) is 2.56. The predicted molar refractivity (Wildman–Crippen MR) is 75.9 cm³/mol. The second kappa shape index (κ2) is 4.74. The fraction of sp³-hybridized carbons (Fsp3) is 0.143. The summed E-state index contributed by atoms with van der Waals surface area (Å²) in [5.41, 5.74) is 2.21. The van der Waals surface area contributed by atoms with Gasteiger partial charge in [-0.3, -0.25) is 4.98 Å². The molecule has 0 bridgehead atoms. The second-order valence-electron chi connectivity index (χ2n) is 4.11. The van der Waals surface area contributed by atoms with Crippen molar-refractivity contribution in [2.45, 2.75) is 13.5 Å². The van der Waals surface area contributed by atoms with Crippen LogP contribution < -0.4 is 5.32 Å². The Balaban J connectivity index is 1.86. The van der Waals surface area contributed by atoms with Crippen molar-refractivity contribution in [3.05, 3.63) is 52.7 Å². The second-order valence-corrected chi connectivity index (χ2v) is 5.18. The van der Waals surface area contributed by atoms with Crippen molar-refractivity contribution < 1.29 is 0 Å². The Kier molecular flexibility index (Phi) is 2.94. The highest BCUT2D eigenvalue weighted by Crippen LogP contribution is 2.22. The van der Waals surface area contributed by atoms with Crippen molar-refractivity contribution in [2.75, 3.05) is 5.32 Å². The third-order valence-corrected chi connectivity index (χ3v) is 3.63. The van der Waals surface area contributed by atoms with Crippen LogP contribution in [0.2, 0.25) is 0 Å². The van der Waals surface area contributed by atoms with Gasteiger partial charge < -0.3 is 5.32 Å². The van der Waals surface area contributed by atoms with E-state index in [1.165, 1.54) is 5.39 Å². The Morgan fingerprint density at radius 2 is 2.22 bits per heavy atom. The van der Waals surface area contributed by atoms with Crippen LogP contribution in [0.3, 0.4) is 0 Å². The first kappa shape index (κ1) is 11.2. The molecule has 3 rings (SSSR count). The van der Waals surface area contributed by atoms with Gasteiger partial charge in [-0.15, -0.1) is 11.3 Å². The van der Waals surface area contributed by atoms with Gasteiger partial charge in [0.15, 0.2) is 0 Å². The van der Waals surface area contributed by atoms with E-state index in [9.17, 15) is 0 Å². The molecule has 2 heterocycles. The number of aromatic nitrogens is 2. The summed E-state index contributed by atoms with van der Waals surface area (Å²) in [7, 11) is 0. The SMILES string of the molecule is Cc1nc(CNc2cccc3cnccc23)cs1. The highest BCUT2D eigenvalue weighted by atomic mass is 32.1. The minimum absolute atomic E-state index is 0.756. The van der Waals surface area contributed by atoms with Gasteiger partial charge in [0.05, 0.1) is 17.2 Å². The van der Waals surface area contributed by atoms with E-state index in [0.717, 1.165) is 28.3 Å². The van der Waals surface area contributed by atoms with E-state index in [1.807, 2.05) is 31.5 Å². The minimum Gasteiger partial charge on any atom is -0.379 e. The van der Waals surface area contributed by atoms with Crippen LogP contribution in [-0.4, -0.2) is 9.97 Å². The molecule has 3 aromatic rings. The topological polar surface area (TPSA) is 37.8 Å². The summed E-state index contributed by atoms with van der Waals surface area (Å²) in [6.07, 6.45) is 3.70. The number of pyridine rings is 1. The quantitative estimate of drug-likeness (QED) is 0.777. The van der Waals surface area contributed by atoms with Gasteiger partial charge in [0.25, 0.3) is 0 Å². The van der Waals surface area contributed by atoms with Gasteiger partial charge in [0.2, 0.25) is 0 Å². The van der Waals surface area contributed by atoms with Crippen LogP contribution >= 0.6 is 11.3 Å². The van der Waals surface area contributed by atoms with Crippen LogP contribution in [0.4, 0.5) is 5.69 Å². The Hall–Kier alpha value is -1.94. The molecule has 2 aromatic heterocycles. The molecule has 0 saturated heterocycles. The molecule has 0 aliphatic carbocycles. The first-order valence-corrected chi connectivity index (χ1v) is 6.68. The van der Waals surface area contributed by atoms with Crippen LogP contribution in [0.25, 0.3) is 10.8 Å². The largest absolute Gasteiger partial charge is 0.379 e. The van der Waals surface area contributed by atoms with E-state index in [1.54, 1.807) is 11.3 Å². The zero-order valence-corrected chi connectivity index (χ0v) is 10.9. The van der Waals surface area contributed by atoms with Crippen molar-refractivity contribution in [3.63, 3.8) is 0 Å². The minimum atomic E-state index is 0.756. The number of fused-ring (bicyclic) bond motifs is 1. The summed E-state index contributed by atoms with van der Waals surface area (Å²) in [6.45, 7) is 2.78. The van der Waals surface area contributed by atoms with Crippen molar-refractivity contribution in [3.8, 4) is 0 Å². The molecule has 0 aliphatic rings. The summed E-state index contributed by atoms with van der Waals surface area (Å²) in [4.78, 5) is 8.59. The number of benzene rings is 1. The molecule has 4 heteroatoms. The average Bonchev–Trinajstić information content (AvgIpc) is 2.82. The lowest BCUT2D eigenvalue weighted by molar-refractivity contribution is 1.06. The van der Waals surface area contributed by atoms with Crippen LogP contribution in [-0.2, 0) is 6.54 Å². The highest BCUT2D eigenvalue weighted by molar-refractivity contribution is 7.09. The first-order valence-electron chi connectivity index (χ1n) is 5.80. The number of hydrogen-bond acceptors (Lipinski definition) is 4. The predicted octanol–water partition coefficient (Wildman–Crippen LogP) is 3.61. The number of nitrogens with one attached hydrogen (secondary N) is 1. The van der Waals surface area contributed by atoms with Crippen molar-refractivity contribution in [1.82, 2.24) is 9.97 Å². The van der Waals surface area contributed by atoms with E-state index in [-0.39, 0.29) is 0 Å². The molecular formula is C14H13N3S. The number of hydrogen-bond donors (Lipinski definition) is 1. The Bertz CT molecular complexity index is 670. The van der Waals surface area contributed by atoms with Crippen LogP contribution in [0.5, 0.6) is 0 Å². The van der Waals surface area contributed by atoms with Gasteiger partial charge in [0.1, 0.15) is 0 Å². The number of anilines is 1. The molecule has 3 nitrogen and oxygen atoms in total. The van der Waals surface area contributed by atoms with Crippen molar-refractivity contribution >= 4 is 27.8 Å². The molecule has 0 unspecified atom stereocenters. The number of aryl methyl sites for hydroxylation is 1. The zero-order valence-electron chi connectivity index (χ0n) is 10.1. The molecule has 1 N–H and O–H groups in total. The smallest absolute Gasteiger partial charge is 0.0898 e. The van der Waals surface area contributed by atoms with Gasteiger partial charge >= 0.3 is 0 Å². The molecule has 0 aliphatic heterocycles. The maximum absolute atomic E-state index is 4.45. The Morgan fingerprint density at radius 1 is 1.28 bits per heavy atom. The van der Waals surface area contributed by atoms with Gasteiger partial charge in [-0.1, -0.05) is 12.1 Å². The zero-order chi connectivity index (χ0) is 12.4. The van der Waals surface area contributed by atoms with E-state index < -0.39 is 0 Å². The third-order valence-electron chi connectivity index (χ3n) is 2.81. The van der Waals surface area contributed by atoms with Gasteiger partial charge in [-0.2, -0.15) is 0 Å². The normalized spacial score (nSPS) is 10.7. The molecular weight excluding hydrogens is 242 g/mol. The van der Waals surface area contributed by atoms with E-state index in [4.69, 9.17) is 0 Å². The number of rotatable bonds is 3. The fourth-order valence-electron chi connectivity index (χ4n) is 1.95. The molecule has 0 spiro atoms. The molecule has 18 heavy (non-hydrogen) atoms. The van der Waals surface area contributed by atoms with Gasteiger partial charge in [-0.25, -0.2) is 4.98 Å². The van der Waals surface area contributed by atoms with E-state index in [2.05, 4.69) is 32.8 Å². The molecule has 0 radical (unpaired) electrons. The third kappa shape index (κ3) is 2.19. The molecule has 90 valence electrons. The lowest BCUT2D eigenvalue weighted by Crippen LogP contribution is -2.00. The molecule has 0 saturated carbocycles. The summed E-state index contributed by atoms with van der Waals surface area (Å²) < 4.78 is 0. The van der Waals surface area contributed by atoms with E-state index in [0.29, 0.717) is 0 Å². The summed E-state index contributed by atoms with van der Waals surface area (Å²) in [5, 5.41) is 8.98. The lowest BCUT2D eigenvalue weighted by Gasteiger charge is -2.08. The molecule has 1 aromatic carbocycles. The Morgan fingerprint density at radius 3 is 3.06 bits per heavy atom. The van der Waals surface area contributed by atoms with Gasteiger partial charge in [-0.05, 0) is 19.1 Å². The monoisotopic (exact) mass is 255 g/mol. The van der Waals surface area contributed by atoms with Gasteiger partial charge in [0, 0.05) is 34.2 Å². The average molecular weight is 255 g/mol. The lowest BCUT2D eigenvalue weighted by atomic mass is 10.1. The number of nitrogens with zero attached hydrogens (tertiary/aromatic N) is 2. The van der Waals surface area contributed by atoms with Crippen molar-refractivity contribution in [2.24, 2.45) is 0 Å². The summed E-state index contributed by atoms with van der Waals surface area (Å²) in [6, 6.07) is 8.23. The standard InChI is InChI=1S/C14H13N3S/c1-10-17-12(9-18-10)8-16-14-4-2-3-11-7-15-6-5-13(11)14/h2-7,9,16H,8H2,1H3. The molecule has 0 fully saturated rings. The first-order chi connectivity index (χ1) is 8.83. The maximum atomic E-state index is 4.45. The van der Waals surface area contributed by atoms with Crippen LogP contribution in [0.15, 0.2) is 42.0 Å².